The monoisotopic (exact) mass is 724 g/mol. The molecule has 2 fully saturated rings. The molecule has 3 aromatic carbocycles. The van der Waals surface area contributed by atoms with Gasteiger partial charge in [0.15, 0.2) is 0 Å². The molecule has 0 aliphatic carbocycles. The first kappa shape index (κ1) is 40.5. The molecule has 0 unspecified atom stereocenters. The first-order valence-corrected chi connectivity index (χ1v) is 17.6. The number of aliphatic hydroxyl groups is 2. The second-order valence-electron chi connectivity index (χ2n) is 15.7. The summed E-state index contributed by atoms with van der Waals surface area (Å²) in [4.78, 5) is 38.8. The zero-order valence-corrected chi connectivity index (χ0v) is 30.8. The Kier molecular flexibility index (Phi) is 12.3. The Labute approximate surface area is 304 Å². The normalized spacial score (nSPS) is 17.3. The van der Waals surface area contributed by atoms with Gasteiger partial charge in [-0.15, -0.1) is 0 Å². The van der Waals surface area contributed by atoms with Gasteiger partial charge in [0, 0.05) is 37.3 Å². The van der Waals surface area contributed by atoms with Gasteiger partial charge >= 0.3 is 6.18 Å². The average Bonchev–Trinajstić information content (AvgIpc) is 3.08. The van der Waals surface area contributed by atoms with E-state index in [1.807, 2.05) is 36.4 Å². The lowest BCUT2D eigenvalue weighted by molar-refractivity contribution is -0.138. The molecule has 9 nitrogen and oxygen atoms in total. The Morgan fingerprint density at radius 3 is 1.46 bits per heavy atom. The number of rotatable bonds is 5. The van der Waals surface area contributed by atoms with Gasteiger partial charge in [0.05, 0.1) is 11.1 Å². The lowest BCUT2D eigenvalue weighted by Gasteiger charge is -2.37. The summed E-state index contributed by atoms with van der Waals surface area (Å²) in [5.41, 5.74) is -0.742. The number of hydrogen-bond donors (Lipinski definition) is 5. The molecule has 0 radical (unpaired) electrons. The van der Waals surface area contributed by atoms with Gasteiger partial charge in [0.1, 0.15) is 11.2 Å². The van der Waals surface area contributed by atoms with E-state index in [4.69, 9.17) is 0 Å². The van der Waals surface area contributed by atoms with Crippen LogP contribution in [0.1, 0.15) is 94.3 Å². The van der Waals surface area contributed by atoms with Crippen LogP contribution in [0.3, 0.4) is 0 Å². The third-order valence-electron chi connectivity index (χ3n) is 9.63. The minimum absolute atomic E-state index is 0.0299. The molecule has 12 heteroatoms. The van der Waals surface area contributed by atoms with Crippen molar-refractivity contribution in [2.24, 2.45) is 0 Å². The fourth-order valence-electron chi connectivity index (χ4n) is 6.06. The van der Waals surface area contributed by atoms with E-state index in [0.717, 1.165) is 23.4 Å². The second kappa shape index (κ2) is 15.8. The van der Waals surface area contributed by atoms with Crippen molar-refractivity contribution in [3.63, 3.8) is 0 Å². The van der Waals surface area contributed by atoms with Crippen molar-refractivity contribution in [3.8, 4) is 0 Å². The zero-order valence-electron chi connectivity index (χ0n) is 30.8. The third-order valence-corrected chi connectivity index (χ3v) is 9.63. The van der Waals surface area contributed by atoms with Crippen molar-refractivity contribution in [1.82, 2.24) is 10.2 Å². The van der Waals surface area contributed by atoms with E-state index in [0.29, 0.717) is 31.6 Å². The van der Waals surface area contributed by atoms with Crippen LogP contribution < -0.4 is 16.0 Å². The van der Waals surface area contributed by atoms with Gasteiger partial charge < -0.3 is 31.1 Å². The molecular formula is C40H51F3N4O5. The van der Waals surface area contributed by atoms with Crippen LogP contribution in [0.15, 0.2) is 72.8 Å². The van der Waals surface area contributed by atoms with E-state index >= 15 is 0 Å². The summed E-state index contributed by atoms with van der Waals surface area (Å²) in [5.74, 6) is -1.66. The Bertz CT molecular complexity index is 1700. The number of halogens is 3. The summed E-state index contributed by atoms with van der Waals surface area (Å²) in [7, 11) is 0. The predicted octanol–water partition coefficient (Wildman–Crippen LogP) is 6.65. The Morgan fingerprint density at radius 1 is 0.654 bits per heavy atom. The summed E-state index contributed by atoms with van der Waals surface area (Å²) in [5, 5.41) is 29.8. The number of amides is 3. The maximum absolute atomic E-state index is 13.2. The van der Waals surface area contributed by atoms with Gasteiger partial charge in [-0.05, 0) is 84.3 Å². The number of nitrogens with zero attached hydrogens (tertiary/aromatic N) is 1. The van der Waals surface area contributed by atoms with Crippen LogP contribution in [-0.4, -0.2) is 70.2 Å². The quantitative estimate of drug-likeness (QED) is 0.201. The molecule has 5 rings (SSSR count). The molecule has 282 valence electrons. The molecule has 3 aromatic rings. The van der Waals surface area contributed by atoms with Crippen LogP contribution in [0.4, 0.5) is 24.5 Å². The van der Waals surface area contributed by atoms with Gasteiger partial charge in [-0.1, -0.05) is 77.9 Å². The summed E-state index contributed by atoms with van der Waals surface area (Å²) >= 11 is 0. The van der Waals surface area contributed by atoms with Gasteiger partial charge in [-0.25, -0.2) is 0 Å². The number of hydrogen-bond acceptors (Lipinski definition) is 6. The lowest BCUT2D eigenvalue weighted by atomic mass is 9.87. The van der Waals surface area contributed by atoms with E-state index in [1.165, 1.54) is 22.6 Å². The average molecular weight is 725 g/mol. The topological polar surface area (TPSA) is 131 Å². The molecular weight excluding hydrogens is 673 g/mol. The molecule has 0 spiro atoms. The SMILES string of the molecule is CC(C)(C)c1ccc(NC(=O)C2(O)CCN(C(=O)c3ccccc3C(F)(F)F)CC2)cc1.CC(C)(C)c1ccc(NC(=O)C2(O)CCNCC2)cc1. The summed E-state index contributed by atoms with van der Waals surface area (Å²) in [6.07, 6.45) is -3.87. The molecule has 3 amide bonds. The van der Waals surface area contributed by atoms with E-state index < -0.39 is 40.3 Å². The van der Waals surface area contributed by atoms with Gasteiger partial charge in [-0.2, -0.15) is 13.2 Å². The van der Waals surface area contributed by atoms with Crippen molar-refractivity contribution in [3.05, 3.63) is 95.1 Å². The van der Waals surface area contributed by atoms with Crippen LogP contribution in [0, 0.1) is 0 Å². The predicted molar refractivity (Wildman–Crippen MR) is 196 cm³/mol. The van der Waals surface area contributed by atoms with Crippen LogP contribution in [-0.2, 0) is 26.6 Å². The summed E-state index contributed by atoms with van der Waals surface area (Å²) in [6, 6.07) is 19.7. The largest absolute Gasteiger partial charge is 0.417 e. The van der Waals surface area contributed by atoms with Crippen LogP contribution >= 0.6 is 0 Å². The highest BCUT2D eigenvalue weighted by Gasteiger charge is 2.42. The number of benzene rings is 3. The fraction of sp³-hybridized carbons (Fsp3) is 0.475. The fourth-order valence-corrected chi connectivity index (χ4v) is 6.06. The van der Waals surface area contributed by atoms with Crippen molar-refractivity contribution >= 4 is 29.1 Å². The summed E-state index contributed by atoms with van der Waals surface area (Å²) < 4.78 is 39.7. The number of nitrogens with one attached hydrogen (secondary N) is 3. The molecule has 0 atom stereocenters. The number of piperidine rings is 2. The smallest absolute Gasteiger partial charge is 0.380 e. The van der Waals surface area contributed by atoms with E-state index in [-0.39, 0.29) is 42.7 Å². The Hall–Kier alpha value is -4.26. The Balaban J connectivity index is 0.000000259. The van der Waals surface area contributed by atoms with Crippen LogP contribution in [0.25, 0.3) is 0 Å². The molecule has 2 heterocycles. The zero-order chi connectivity index (χ0) is 38.5. The number of carbonyl (C=O) groups excluding carboxylic acids is 3. The lowest BCUT2D eigenvalue weighted by Crippen LogP contribution is -2.53. The van der Waals surface area contributed by atoms with Gasteiger partial charge in [0.2, 0.25) is 0 Å². The first-order chi connectivity index (χ1) is 24.1. The summed E-state index contributed by atoms with van der Waals surface area (Å²) in [6.45, 7) is 14.0. The number of anilines is 2. The van der Waals surface area contributed by atoms with Crippen molar-refractivity contribution in [2.45, 2.75) is 95.4 Å². The highest BCUT2D eigenvalue weighted by molar-refractivity contribution is 5.99. The van der Waals surface area contributed by atoms with E-state index in [2.05, 4.69) is 57.5 Å². The van der Waals surface area contributed by atoms with Gasteiger partial charge in [-0.3, -0.25) is 14.4 Å². The molecule has 0 bridgehead atoms. The standard InChI is InChI=1S/C24H27F3N2O3.C16H24N2O2/c1-22(2,3)16-8-10-17(11-9-16)28-21(31)23(32)12-14-29(15-13-23)20(30)18-6-4-5-7-19(18)24(25,26)27;1-15(2,3)12-4-6-13(7-5-12)18-14(19)16(20)8-10-17-11-9-16/h4-11,32H,12-15H2,1-3H3,(H,28,31);4-7,17,20H,8-11H2,1-3H3,(H,18,19). The minimum atomic E-state index is -4.65. The third kappa shape index (κ3) is 10.2. The Morgan fingerprint density at radius 2 is 1.06 bits per heavy atom. The highest BCUT2D eigenvalue weighted by Crippen LogP contribution is 2.34. The maximum atomic E-state index is 13.2. The maximum Gasteiger partial charge on any atom is 0.417 e. The molecule has 0 saturated carbocycles. The van der Waals surface area contributed by atoms with E-state index in [9.17, 15) is 37.8 Å². The number of likely N-dealkylation sites (tertiary alicyclic amines) is 1. The molecule has 2 saturated heterocycles. The molecule has 0 aromatic heterocycles. The van der Waals surface area contributed by atoms with Crippen molar-refractivity contribution in [2.75, 3.05) is 36.8 Å². The molecule has 2 aliphatic heterocycles. The van der Waals surface area contributed by atoms with E-state index in [1.54, 1.807) is 12.1 Å². The highest BCUT2D eigenvalue weighted by atomic mass is 19.4. The molecule has 2 aliphatic rings. The molecule has 52 heavy (non-hydrogen) atoms. The molecule has 5 N–H and O–H groups in total. The first-order valence-electron chi connectivity index (χ1n) is 17.6. The van der Waals surface area contributed by atoms with Gasteiger partial charge in [0.25, 0.3) is 17.7 Å². The number of alkyl halides is 3. The van der Waals surface area contributed by atoms with Crippen molar-refractivity contribution < 1.29 is 37.8 Å². The number of carbonyl (C=O) groups is 3. The minimum Gasteiger partial charge on any atom is -0.380 e. The van der Waals surface area contributed by atoms with Crippen LogP contribution in [0.2, 0.25) is 0 Å². The van der Waals surface area contributed by atoms with Crippen LogP contribution in [0.5, 0.6) is 0 Å². The van der Waals surface area contributed by atoms with Crippen molar-refractivity contribution in [1.29, 1.82) is 0 Å². The second-order valence-corrected chi connectivity index (χ2v) is 15.7.